The highest BCUT2D eigenvalue weighted by Gasteiger charge is 2.15. The van der Waals surface area contributed by atoms with E-state index in [4.69, 9.17) is 0 Å². The number of pyridine rings is 1. The zero-order valence-electron chi connectivity index (χ0n) is 16.2. The Morgan fingerprint density at radius 1 is 1.07 bits per heavy atom. The lowest BCUT2D eigenvalue weighted by molar-refractivity contribution is 0.519. The second kappa shape index (κ2) is 7.00. The topological polar surface area (TPSA) is 65.0 Å². The molecule has 0 saturated heterocycles. The first-order valence-corrected chi connectivity index (χ1v) is 9.27. The van der Waals surface area contributed by atoms with Crippen molar-refractivity contribution >= 4 is 5.65 Å². The average molecular weight is 363 g/mol. The maximum Gasteiger partial charge on any atom is 0.160 e. The van der Waals surface area contributed by atoms with Crippen molar-refractivity contribution in [3.05, 3.63) is 65.5 Å². The average Bonchev–Trinajstić information content (AvgIpc) is 3.34. The van der Waals surface area contributed by atoms with Gasteiger partial charge in [0.1, 0.15) is 5.82 Å². The highest BCUT2D eigenvalue weighted by molar-refractivity contribution is 5.38. The van der Waals surface area contributed by atoms with Crippen LogP contribution in [0.25, 0.3) is 11.5 Å². The van der Waals surface area contributed by atoms with Gasteiger partial charge in [0.05, 0.1) is 12.7 Å². The Hall–Kier alpha value is -2.93. The summed E-state index contributed by atoms with van der Waals surface area (Å²) in [6.07, 6.45) is 3.85. The molecule has 4 heterocycles. The van der Waals surface area contributed by atoms with Crippen molar-refractivity contribution < 1.29 is 0 Å². The minimum atomic E-state index is 0.319. The predicted molar refractivity (Wildman–Crippen MR) is 105 cm³/mol. The molecule has 140 valence electrons. The Labute approximate surface area is 158 Å². The zero-order chi connectivity index (χ0) is 19.0. The van der Waals surface area contributed by atoms with Crippen molar-refractivity contribution in [2.24, 2.45) is 0 Å². The highest BCUT2D eigenvalue weighted by atomic mass is 15.3. The van der Waals surface area contributed by atoms with E-state index < -0.39 is 0 Å². The fraction of sp³-hybridized carbons (Fsp3) is 0.350. The molecule has 0 aromatic carbocycles. The molecule has 0 aliphatic heterocycles. The molecule has 0 bridgehead atoms. The van der Waals surface area contributed by atoms with E-state index in [0.29, 0.717) is 12.6 Å². The van der Waals surface area contributed by atoms with Crippen molar-refractivity contribution in [3.63, 3.8) is 0 Å². The lowest BCUT2D eigenvalue weighted by atomic mass is 10.2. The monoisotopic (exact) mass is 363 g/mol. The van der Waals surface area contributed by atoms with E-state index in [1.54, 1.807) is 0 Å². The van der Waals surface area contributed by atoms with Crippen LogP contribution in [-0.2, 0) is 13.1 Å². The molecule has 0 unspecified atom stereocenters. The molecular weight excluding hydrogens is 338 g/mol. The lowest BCUT2D eigenvalue weighted by Crippen LogP contribution is -2.16. The largest absolute Gasteiger partial charge is 0.306 e. The Morgan fingerprint density at radius 2 is 1.93 bits per heavy atom. The Morgan fingerprint density at radius 3 is 2.74 bits per heavy atom. The standard InChI is InChI=1S/C20H25N7/c1-14(2)27-20(8-9-22-27)26-15(3)11-17(16(26)4)12-21-13-19-24-23-18-7-5-6-10-25(18)19/h5-11,14,21H,12-13H2,1-4H3. The van der Waals surface area contributed by atoms with Gasteiger partial charge in [-0.05, 0) is 51.5 Å². The summed E-state index contributed by atoms with van der Waals surface area (Å²) in [5, 5.41) is 16.4. The van der Waals surface area contributed by atoms with Gasteiger partial charge >= 0.3 is 0 Å². The van der Waals surface area contributed by atoms with Crippen molar-refractivity contribution in [1.29, 1.82) is 0 Å². The van der Waals surface area contributed by atoms with Crippen LogP contribution < -0.4 is 5.32 Å². The molecule has 4 aromatic heterocycles. The molecule has 0 fully saturated rings. The van der Waals surface area contributed by atoms with Gasteiger partial charge in [0, 0.05) is 36.2 Å². The molecule has 4 rings (SSSR count). The van der Waals surface area contributed by atoms with Crippen LogP contribution in [0.4, 0.5) is 0 Å². The molecule has 1 N–H and O–H groups in total. The molecule has 0 radical (unpaired) electrons. The van der Waals surface area contributed by atoms with Crippen LogP contribution in [0.5, 0.6) is 0 Å². The summed E-state index contributed by atoms with van der Waals surface area (Å²) in [5.74, 6) is 2.02. The van der Waals surface area contributed by atoms with Gasteiger partial charge in [-0.15, -0.1) is 10.2 Å². The molecule has 0 saturated carbocycles. The first-order valence-electron chi connectivity index (χ1n) is 9.27. The third-order valence-corrected chi connectivity index (χ3v) is 4.89. The molecule has 7 heteroatoms. The van der Waals surface area contributed by atoms with E-state index in [9.17, 15) is 0 Å². The lowest BCUT2D eigenvalue weighted by Gasteiger charge is -2.15. The van der Waals surface area contributed by atoms with Crippen LogP contribution in [-0.4, -0.2) is 28.9 Å². The fourth-order valence-electron chi connectivity index (χ4n) is 3.56. The number of nitrogens with one attached hydrogen (secondary N) is 1. The molecular formula is C20H25N7. The molecule has 27 heavy (non-hydrogen) atoms. The fourth-order valence-corrected chi connectivity index (χ4v) is 3.56. The smallest absolute Gasteiger partial charge is 0.160 e. The maximum atomic E-state index is 4.47. The van der Waals surface area contributed by atoms with Gasteiger partial charge in [-0.1, -0.05) is 6.07 Å². The molecule has 0 aliphatic rings. The predicted octanol–water partition coefficient (Wildman–Crippen LogP) is 3.20. The van der Waals surface area contributed by atoms with Crippen LogP contribution >= 0.6 is 0 Å². The van der Waals surface area contributed by atoms with Gasteiger partial charge in [0.15, 0.2) is 11.5 Å². The van der Waals surface area contributed by atoms with E-state index >= 15 is 0 Å². The van der Waals surface area contributed by atoms with Crippen LogP contribution in [0, 0.1) is 13.8 Å². The molecule has 4 aromatic rings. The first-order chi connectivity index (χ1) is 13.1. The van der Waals surface area contributed by atoms with Gasteiger partial charge in [0.25, 0.3) is 0 Å². The third-order valence-electron chi connectivity index (χ3n) is 4.89. The van der Waals surface area contributed by atoms with Crippen LogP contribution in [0.15, 0.2) is 42.7 Å². The third kappa shape index (κ3) is 3.14. The minimum absolute atomic E-state index is 0.319. The number of fused-ring (bicyclic) bond motifs is 1. The van der Waals surface area contributed by atoms with Crippen molar-refractivity contribution in [3.8, 4) is 5.82 Å². The molecule has 7 nitrogen and oxygen atoms in total. The van der Waals surface area contributed by atoms with Crippen LogP contribution in [0.1, 0.15) is 42.7 Å². The zero-order valence-corrected chi connectivity index (χ0v) is 16.2. The number of hydrogen-bond donors (Lipinski definition) is 1. The van der Waals surface area contributed by atoms with E-state index in [2.05, 4.69) is 69.7 Å². The van der Waals surface area contributed by atoms with E-state index in [-0.39, 0.29) is 0 Å². The van der Waals surface area contributed by atoms with Gasteiger partial charge < -0.3 is 9.88 Å². The molecule has 0 atom stereocenters. The van der Waals surface area contributed by atoms with Crippen molar-refractivity contribution in [1.82, 2.24) is 34.3 Å². The van der Waals surface area contributed by atoms with E-state index in [1.165, 1.54) is 17.0 Å². The summed E-state index contributed by atoms with van der Waals surface area (Å²) in [6.45, 7) is 10.0. The normalized spacial score (nSPS) is 11.7. The van der Waals surface area contributed by atoms with E-state index in [1.807, 2.05) is 35.0 Å². The van der Waals surface area contributed by atoms with Crippen LogP contribution in [0.2, 0.25) is 0 Å². The molecule has 0 spiro atoms. The SMILES string of the molecule is Cc1cc(CNCc2nnc3ccccn23)c(C)n1-c1ccnn1C(C)C. The number of aromatic nitrogens is 6. The summed E-state index contributed by atoms with van der Waals surface area (Å²) in [4.78, 5) is 0. The summed E-state index contributed by atoms with van der Waals surface area (Å²) in [7, 11) is 0. The Bertz CT molecular complexity index is 1070. The van der Waals surface area contributed by atoms with E-state index in [0.717, 1.165) is 23.8 Å². The second-order valence-corrected chi connectivity index (χ2v) is 7.11. The van der Waals surface area contributed by atoms with Crippen molar-refractivity contribution in [2.75, 3.05) is 0 Å². The Balaban J connectivity index is 1.53. The number of nitrogens with zero attached hydrogens (tertiary/aromatic N) is 6. The maximum absolute atomic E-state index is 4.47. The van der Waals surface area contributed by atoms with Gasteiger partial charge in [-0.3, -0.25) is 4.40 Å². The minimum Gasteiger partial charge on any atom is -0.306 e. The van der Waals surface area contributed by atoms with Crippen molar-refractivity contribution in [2.45, 2.75) is 46.8 Å². The molecule has 0 amide bonds. The molecule has 0 aliphatic carbocycles. The number of rotatable bonds is 6. The number of aryl methyl sites for hydroxylation is 1. The van der Waals surface area contributed by atoms with Gasteiger partial charge in [-0.25, -0.2) is 4.68 Å². The van der Waals surface area contributed by atoms with Crippen LogP contribution in [0.3, 0.4) is 0 Å². The summed E-state index contributed by atoms with van der Waals surface area (Å²) >= 11 is 0. The number of hydrogen-bond acceptors (Lipinski definition) is 4. The second-order valence-electron chi connectivity index (χ2n) is 7.11. The quantitative estimate of drug-likeness (QED) is 0.571. The highest BCUT2D eigenvalue weighted by Crippen LogP contribution is 2.22. The Kier molecular flexibility index (Phi) is 4.53. The van der Waals surface area contributed by atoms with Gasteiger partial charge in [-0.2, -0.15) is 5.10 Å². The van der Waals surface area contributed by atoms with Gasteiger partial charge in [0.2, 0.25) is 0 Å². The summed E-state index contributed by atoms with van der Waals surface area (Å²) < 4.78 is 6.34. The summed E-state index contributed by atoms with van der Waals surface area (Å²) in [5.41, 5.74) is 4.58. The first kappa shape index (κ1) is 17.5. The summed E-state index contributed by atoms with van der Waals surface area (Å²) in [6, 6.07) is 10.5.